The number of ether oxygens (including phenoxy) is 2. The number of nitrogens with two attached hydrogens (primary N) is 1. The third-order valence-electron chi connectivity index (χ3n) is 4.52. The lowest BCUT2D eigenvalue weighted by Crippen LogP contribution is -2.23. The highest BCUT2D eigenvalue weighted by molar-refractivity contribution is 6.01. The van der Waals surface area contributed by atoms with Gasteiger partial charge in [0, 0.05) is 37.3 Å². The summed E-state index contributed by atoms with van der Waals surface area (Å²) in [6, 6.07) is 3.28. The van der Waals surface area contributed by atoms with Gasteiger partial charge in [-0.3, -0.25) is 9.59 Å². The summed E-state index contributed by atoms with van der Waals surface area (Å²) in [5.41, 5.74) is 7.05. The summed E-state index contributed by atoms with van der Waals surface area (Å²) in [6.07, 6.45) is 1.92. The van der Waals surface area contributed by atoms with Gasteiger partial charge in [-0.15, -0.1) is 0 Å². The number of carbonyl (C=O) groups is 2. The molecule has 6 heteroatoms. The number of rotatable bonds is 3. The minimum atomic E-state index is -0.536. The molecule has 118 valence electrons. The first-order chi connectivity index (χ1) is 10.6. The van der Waals surface area contributed by atoms with Crippen molar-refractivity contribution in [2.45, 2.75) is 18.8 Å². The Bertz CT molecular complexity index is 608. The molecule has 1 aromatic rings. The zero-order valence-corrected chi connectivity index (χ0v) is 12.6. The van der Waals surface area contributed by atoms with Gasteiger partial charge in [0.15, 0.2) is 0 Å². The lowest BCUT2D eigenvalue weighted by molar-refractivity contribution is 0.0551. The smallest absolute Gasteiger partial charge is 0.254 e. The molecule has 2 amide bonds. The molecule has 1 atom stereocenters. The van der Waals surface area contributed by atoms with E-state index in [4.69, 9.17) is 15.2 Å². The molecule has 0 saturated carbocycles. The highest BCUT2D eigenvalue weighted by atomic mass is 16.5. The predicted octanol–water partition coefficient (Wildman–Crippen LogP) is 1.05. The molecule has 3 rings (SSSR count). The predicted molar refractivity (Wildman–Crippen MR) is 80.1 cm³/mol. The molecule has 1 aromatic carbocycles. The lowest BCUT2D eigenvalue weighted by Gasteiger charge is -2.26. The van der Waals surface area contributed by atoms with E-state index >= 15 is 0 Å². The standard InChI is InChI=1S/C16H20N2O4/c1-18-16(20)12-7-10(15(17)19)6-11-13(8-22-14(11)12)9-2-4-21-5-3-9/h6-7,9,13H,2-5,8H2,1H3,(H2,17,19)(H,18,20). The molecule has 6 nitrogen and oxygen atoms in total. The Morgan fingerprint density at radius 3 is 2.64 bits per heavy atom. The van der Waals surface area contributed by atoms with Crippen molar-refractivity contribution in [3.63, 3.8) is 0 Å². The summed E-state index contributed by atoms with van der Waals surface area (Å²) in [7, 11) is 1.55. The van der Waals surface area contributed by atoms with Gasteiger partial charge in [-0.2, -0.15) is 0 Å². The van der Waals surface area contributed by atoms with Crippen LogP contribution in [0.4, 0.5) is 0 Å². The number of fused-ring (bicyclic) bond motifs is 1. The molecule has 3 N–H and O–H groups in total. The zero-order valence-electron chi connectivity index (χ0n) is 12.6. The molecule has 2 heterocycles. The summed E-state index contributed by atoms with van der Waals surface area (Å²) in [6.45, 7) is 2.02. The minimum absolute atomic E-state index is 0.182. The van der Waals surface area contributed by atoms with Crippen LogP contribution in [-0.4, -0.2) is 38.7 Å². The fraction of sp³-hybridized carbons (Fsp3) is 0.500. The number of hydrogen-bond acceptors (Lipinski definition) is 4. The number of hydrogen-bond donors (Lipinski definition) is 2. The van der Waals surface area contributed by atoms with Crippen LogP contribution in [0.2, 0.25) is 0 Å². The molecule has 2 aliphatic heterocycles. The van der Waals surface area contributed by atoms with Gasteiger partial charge in [0.05, 0.1) is 12.2 Å². The van der Waals surface area contributed by atoms with Crippen molar-refractivity contribution < 1.29 is 19.1 Å². The Hall–Kier alpha value is -2.08. The van der Waals surface area contributed by atoms with Crippen molar-refractivity contribution in [1.29, 1.82) is 0 Å². The largest absolute Gasteiger partial charge is 0.492 e. The summed E-state index contributed by atoms with van der Waals surface area (Å²) in [5, 5.41) is 2.58. The number of nitrogens with one attached hydrogen (secondary N) is 1. The number of amides is 2. The molecule has 0 bridgehead atoms. The third-order valence-corrected chi connectivity index (χ3v) is 4.52. The van der Waals surface area contributed by atoms with Crippen molar-refractivity contribution in [1.82, 2.24) is 5.32 Å². The third kappa shape index (κ3) is 2.54. The fourth-order valence-electron chi connectivity index (χ4n) is 3.30. The van der Waals surface area contributed by atoms with Gasteiger partial charge in [0.25, 0.3) is 5.91 Å². The van der Waals surface area contributed by atoms with E-state index in [-0.39, 0.29) is 11.8 Å². The maximum Gasteiger partial charge on any atom is 0.254 e. The van der Waals surface area contributed by atoms with Crippen LogP contribution < -0.4 is 15.8 Å². The van der Waals surface area contributed by atoms with Crippen LogP contribution in [0.1, 0.15) is 45.0 Å². The van der Waals surface area contributed by atoms with Crippen LogP contribution in [0.3, 0.4) is 0 Å². The normalized spacial score (nSPS) is 21.0. The average molecular weight is 304 g/mol. The number of benzene rings is 1. The highest BCUT2D eigenvalue weighted by Gasteiger charge is 2.35. The average Bonchev–Trinajstić information content (AvgIpc) is 2.97. The van der Waals surface area contributed by atoms with E-state index in [0.29, 0.717) is 29.4 Å². The molecular weight excluding hydrogens is 284 g/mol. The minimum Gasteiger partial charge on any atom is -0.492 e. The van der Waals surface area contributed by atoms with E-state index < -0.39 is 5.91 Å². The Balaban J connectivity index is 2.03. The summed E-state index contributed by atoms with van der Waals surface area (Å²) in [5.74, 6) is 0.399. The van der Waals surface area contributed by atoms with Crippen LogP contribution in [0.25, 0.3) is 0 Å². The van der Waals surface area contributed by atoms with Crippen LogP contribution >= 0.6 is 0 Å². The molecule has 0 aliphatic carbocycles. The van der Waals surface area contributed by atoms with E-state index in [0.717, 1.165) is 31.6 Å². The summed E-state index contributed by atoms with van der Waals surface area (Å²) < 4.78 is 11.2. The first-order valence-electron chi connectivity index (χ1n) is 7.52. The maximum absolute atomic E-state index is 12.1. The van der Waals surface area contributed by atoms with E-state index in [1.165, 1.54) is 6.07 Å². The van der Waals surface area contributed by atoms with Gasteiger partial charge in [0.2, 0.25) is 5.91 Å². The lowest BCUT2D eigenvalue weighted by atomic mass is 9.81. The topological polar surface area (TPSA) is 90.7 Å². The molecule has 0 aromatic heterocycles. The Kier molecular flexibility index (Phi) is 4.02. The van der Waals surface area contributed by atoms with Crippen molar-refractivity contribution >= 4 is 11.8 Å². The Labute approximate surface area is 129 Å². The molecular formula is C16H20N2O4. The molecule has 0 radical (unpaired) electrons. The van der Waals surface area contributed by atoms with Crippen molar-refractivity contribution in [2.75, 3.05) is 26.9 Å². The van der Waals surface area contributed by atoms with Crippen LogP contribution in [0, 0.1) is 5.92 Å². The fourth-order valence-corrected chi connectivity index (χ4v) is 3.30. The second kappa shape index (κ2) is 5.96. The van der Waals surface area contributed by atoms with Crippen molar-refractivity contribution in [3.05, 3.63) is 28.8 Å². The molecule has 1 saturated heterocycles. The van der Waals surface area contributed by atoms with Gasteiger partial charge < -0.3 is 20.5 Å². The first kappa shape index (κ1) is 14.8. The van der Waals surface area contributed by atoms with Crippen LogP contribution in [0.5, 0.6) is 5.75 Å². The van der Waals surface area contributed by atoms with Crippen molar-refractivity contribution in [3.8, 4) is 5.75 Å². The van der Waals surface area contributed by atoms with Gasteiger partial charge in [0.1, 0.15) is 5.75 Å². The first-order valence-corrected chi connectivity index (χ1v) is 7.52. The van der Waals surface area contributed by atoms with Crippen LogP contribution in [0.15, 0.2) is 12.1 Å². The van der Waals surface area contributed by atoms with E-state index in [1.54, 1.807) is 13.1 Å². The number of carbonyl (C=O) groups excluding carboxylic acids is 2. The second-order valence-electron chi connectivity index (χ2n) is 5.75. The van der Waals surface area contributed by atoms with E-state index in [1.807, 2.05) is 0 Å². The molecule has 0 spiro atoms. The van der Waals surface area contributed by atoms with E-state index in [2.05, 4.69) is 5.32 Å². The second-order valence-corrected chi connectivity index (χ2v) is 5.75. The molecule has 1 fully saturated rings. The molecule has 2 aliphatic rings. The SMILES string of the molecule is CNC(=O)c1cc(C(N)=O)cc2c1OCC2C1CCOCC1. The van der Waals surface area contributed by atoms with Gasteiger partial charge in [-0.1, -0.05) is 0 Å². The quantitative estimate of drug-likeness (QED) is 0.873. The molecule has 22 heavy (non-hydrogen) atoms. The van der Waals surface area contributed by atoms with Gasteiger partial charge in [-0.05, 0) is 30.9 Å². The number of primary amides is 1. The monoisotopic (exact) mass is 304 g/mol. The Morgan fingerprint density at radius 2 is 2.00 bits per heavy atom. The van der Waals surface area contributed by atoms with Gasteiger partial charge >= 0.3 is 0 Å². The van der Waals surface area contributed by atoms with Crippen molar-refractivity contribution in [2.24, 2.45) is 11.7 Å². The Morgan fingerprint density at radius 1 is 1.27 bits per heavy atom. The summed E-state index contributed by atoms with van der Waals surface area (Å²) in [4.78, 5) is 23.6. The zero-order chi connectivity index (χ0) is 15.7. The van der Waals surface area contributed by atoms with Gasteiger partial charge in [-0.25, -0.2) is 0 Å². The maximum atomic E-state index is 12.1. The summed E-state index contributed by atoms with van der Waals surface area (Å²) >= 11 is 0. The highest BCUT2D eigenvalue weighted by Crippen LogP contribution is 2.44. The molecule has 1 unspecified atom stereocenters. The van der Waals surface area contributed by atoms with E-state index in [9.17, 15) is 9.59 Å². The van der Waals surface area contributed by atoms with Crippen LogP contribution in [-0.2, 0) is 4.74 Å².